The van der Waals surface area contributed by atoms with E-state index in [4.69, 9.17) is 4.84 Å². The number of rotatable bonds is 7. The van der Waals surface area contributed by atoms with Crippen LogP contribution in [0.1, 0.15) is 38.5 Å². The minimum Gasteiger partial charge on any atom is -0.343 e. The van der Waals surface area contributed by atoms with Crippen molar-refractivity contribution in [2.75, 3.05) is 31.7 Å². The van der Waals surface area contributed by atoms with Crippen molar-refractivity contribution in [1.29, 1.82) is 0 Å². The molecule has 0 aliphatic carbocycles. The fourth-order valence-electron chi connectivity index (χ4n) is 4.30. The second-order valence-corrected chi connectivity index (χ2v) is 7.30. The van der Waals surface area contributed by atoms with E-state index in [1.807, 2.05) is 30.3 Å². The normalized spacial score (nSPS) is 19.6. The lowest BCUT2D eigenvalue weighted by Crippen LogP contribution is -2.49. The van der Waals surface area contributed by atoms with Crippen LogP contribution in [0.5, 0.6) is 0 Å². The van der Waals surface area contributed by atoms with Crippen LogP contribution in [0, 0.1) is 11.3 Å². The first-order valence-electron chi connectivity index (χ1n) is 9.66. The Morgan fingerprint density at radius 3 is 2.30 bits per heavy atom. The molecule has 3 N–H and O–H groups in total. The molecule has 27 heavy (non-hydrogen) atoms. The van der Waals surface area contributed by atoms with Gasteiger partial charge < -0.3 is 15.5 Å². The Hall–Kier alpha value is -1.63. The molecule has 0 radical (unpaired) electrons. The summed E-state index contributed by atoms with van der Waals surface area (Å²) in [7, 11) is 0. The average molecular weight is 396 g/mol. The van der Waals surface area contributed by atoms with Crippen LogP contribution in [0.2, 0.25) is 0 Å². The van der Waals surface area contributed by atoms with Gasteiger partial charge >= 0.3 is 5.97 Å². The lowest BCUT2D eigenvalue weighted by molar-refractivity contribution is -0.144. The third kappa shape index (κ3) is 5.67. The number of carbonyl (C=O) groups is 2. The molecule has 2 aliphatic rings. The molecule has 2 heterocycles. The summed E-state index contributed by atoms with van der Waals surface area (Å²) in [6, 6.07) is 9.25. The molecule has 0 bridgehead atoms. The molecule has 2 fully saturated rings. The Bertz CT molecular complexity index is 600. The molecule has 2 aliphatic heterocycles. The molecule has 150 valence electrons. The third-order valence-electron chi connectivity index (χ3n) is 5.78. The summed E-state index contributed by atoms with van der Waals surface area (Å²) in [6.07, 6.45) is 4.25. The van der Waals surface area contributed by atoms with Crippen molar-refractivity contribution in [3.05, 3.63) is 30.3 Å². The van der Waals surface area contributed by atoms with Gasteiger partial charge in [-0.25, -0.2) is 10.3 Å². The molecule has 0 unspecified atom stereocenters. The van der Waals surface area contributed by atoms with E-state index in [9.17, 15) is 9.59 Å². The maximum absolute atomic E-state index is 13.1. The van der Waals surface area contributed by atoms with Gasteiger partial charge in [-0.3, -0.25) is 4.79 Å². The molecule has 0 atom stereocenters. The van der Waals surface area contributed by atoms with Gasteiger partial charge in [-0.05, 0) is 69.9 Å². The molecular weight excluding hydrogens is 366 g/mol. The number of para-hydroxylation sites is 1. The zero-order chi connectivity index (χ0) is 18.2. The van der Waals surface area contributed by atoms with Gasteiger partial charge in [0.05, 0.1) is 12.1 Å². The van der Waals surface area contributed by atoms with Crippen LogP contribution in [-0.2, 0) is 14.4 Å². The molecular formula is C20H30ClN3O3. The van der Waals surface area contributed by atoms with Crippen molar-refractivity contribution >= 4 is 29.8 Å². The van der Waals surface area contributed by atoms with Crippen LogP contribution >= 0.6 is 12.4 Å². The Balaban J connectivity index is 0.00000261. The van der Waals surface area contributed by atoms with E-state index in [1.54, 1.807) is 0 Å². The van der Waals surface area contributed by atoms with Crippen molar-refractivity contribution < 1.29 is 14.4 Å². The first kappa shape index (κ1) is 21.7. The van der Waals surface area contributed by atoms with Crippen LogP contribution in [-0.4, -0.2) is 37.9 Å². The maximum Gasteiger partial charge on any atom is 0.332 e. The van der Waals surface area contributed by atoms with Crippen molar-refractivity contribution in [2.24, 2.45) is 11.3 Å². The fourth-order valence-corrected chi connectivity index (χ4v) is 4.30. The lowest BCUT2D eigenvalue weighted by Gasteiger charge is -2.44. The molecule has 1 aromatic rings. The predicted molar refractivity (Wildman–Crippen MR) is 108 cm³/mol. The van der Waals surface area contributed by atoms with Crippen LogP contribution in [0.15, 0.2) is 30.3 Å². The van der Waals surface area contributed by atoms with E-state index in [1.165, 1.54) is 0 Å². The summed E-state index contributed by atoms with van der Waals surface area (Å²) in [5.74, 6) is 0.274. The van der Waals surface area contributed by atoms with Crippen molar-refractivity contribution in [2.45, 2.75) is 38.5 Å². The molecule has 7 heteroatoms. The number of hydrogen-bond acceptors (Lipinski definition) is 6. The van der Waals surface area contributed by atoms with Gasteiger partial charge in [0.2, 0.25) is 0 Å². The number of hydrogen-bond donors (Lipinski definition) is 3. The minimum absolute atomic E-state index is 0. The Kier molecular flexibility index (Phi) is 8.54. The monoisotopic (exact) mass is 395 g/mol. The zero-order valence-electron chi connectivity index (χ0n) is 15.7. The lowest BCUT2D eigenvalue weighted by atomic mass is 9.62. The predicted octanol–water partition coefficient (Wildman–Crippen LogP) is 2.70. The second-order valence-electron chi connectivity index (χ2n) is 7.30. The molecule has 3 rings (SSSR count). The van der Waals surface area contributed by atoms with E-state index in [2.05, 4.69) is 16.1 Å². The Morgan fingerprint density at radius 2 is 1.63 bits per heavy atom. The number of benzene rings is 1. The number of Topliss-reactive ketones (excluding diaryl/α,β-unsaturated/α-hetero) is 1. The summed E-state index contributed by atoms with van der Waals surface area (Å²) >= 11 is 0. The number of piperidine rings is 2. The summed E-state index contributed by atoms with van der Waals surface area (Å²) < 4.78 is 0. The highest BCUT2D eigenvalue weighted by Gasteiger charge is 2.45. The topological polar surface area (TPSA) is 79.5 Å². The van der Waals surface area contributed by atoms with E-state index in [-0.39, 0.29) is 36.4 Å². The van der Waals surface area contributed by atoms with Gasteiger partial charge in [-0.2, -0.15) is 0 Å². The summed E-state index contributed by atoms with van der Waals surface area (Å²) in [5.41, 5.74) is 3.10. The number of carbonyl (C=O) groups excluding carboxylic acids is 2. The minimum atomic E-state index is -0.392. The average Bonchev–Trinajstić information content (AvgIpc) is 2.72. The molecule has 2 saturated heterocycles. The standard InChI is InChI=1S/C20H29N3O3.ClH/c24-18(6-7-19(25)26-23-17-4-2-1-3-5-17)20(10-14-22-15-11-20)16-8-12-21-13-9-16;/h1-5,16,21-23H,6-15H2;1H. The van der Waals surface area contributed by atoms with Crippen LogP contribution < -0.4 is 16.1 Å². The summed E-state index contributed by atoms with van der Waals surface area (Å²) in [6.45, 7) is 3.73. The van der Waals surface area contributed by atoms with Gasteiger partial charge in [-0.15, -0.1) is 12.4 Å². The molecule has 6 nitrogen and oxygen atoms in total. The molecule has 0 saturated carbocycles. The van der Waals surface area contributed by atoms with Crippen molar-refractivity contribution in [3.63, 3.8) is 0 Å². The van der Waals surface area contributed by atoms with E-state index in [0.717, 1.165) is 57.5 Å². The largest absolute Gasteiger partial charge is 0.343 e. The van der Waals surface area contributed by atoms with Gasteiger partial charge in [0.1, 0.15) is 5.78 Å². The highest BCUT2D eigenvalue weighted by molar-refractivity contribution is 5.88. The van der Waals surface area contributed by atoms with E-state index in [0.29, 0.717) is 5.92 Å². The van der Waals surface area contributed by atoms with Gasteiger partial charge in [-0.1, -0.05) is 18.2 Å². The van der Waals surface area contributed by atoms with E-state index >= 15 is 0 Å². The van der Waals surface area contributed by atoms with Crippen molar-refractivity contribution in [1.82, 2.24) is 10.6 Å². The Morgan fingerprint density at radius 1 is 1.00 bits per heavy atom. The fraction of sp³-hybridized carbons (Fsp3) is 0.600. The quantitative estimate of drug-likeness (QED) is 0.616. The number of anilines is 1. The van der Waals surface area contributed by atoms with Gasteiger partial charge in [0.15, 0.2) is 0 Å². The second kappa shape index (κ2) is 10.6. The Labute approximate surface area is 167 Å². The summed E-state index contributed by atoms with van der Waals surface area (Å²) in [4.78, 5) is 30.2. The first-order valence-corrected chi connectivity index (χ1v) is 9.66. The molecule has 0 aromatic heterocycles. The summed E-state index contributed by atoms with van der Waals surface area (Å²) in [5, 5.41) is 6.75. The highest BCUT2D eigenvalue weighted by atomic mass is 35.5. The van der Waals surface area contributed by atoms with Crippen molar-refractivity contribution in [3.8, 4) is 0 Å². The maximum atomic E-state index is 13.1. The van der Waals surface area contributed by atoms with E-state index < -0.39 is 5.97 Å². The number of ketones is 1. The van der Waals surface area contributed by atoms with Crippen LogP contribution in [0.25, 0.3) is 0 Å². The number of nitrogens with one attached hydrogen (secondary N) is 3. The smallest absolute Gasteiger partial charge is 0.332 e. The number of halogens is 1. The van der Waals surface area contributed by atoms with Gasteiger partial charge in [0.25, 0.3) is 0 Å². The first-order chi connectivity index (χ1) is 12.7. The zero-order valence-corrected chi connectivity index (χ0v) is 16.5. The molecule has 0 amide bonds. The SMILES string of the molecule is Cl.O=C(CCC(=O)C1(C2CCNCC2)CCNCC1)ONc1ccccc1. The molecule has 1 aromatic carbocycles. The molecule has 0 spiro atoms. The highest BCUT2D eigenvalue weighted by Crippen LogP contribution is 2.43. The van der Waals surface area contributed by atoms with Crippen LogP contribution in [0.4, 0.5) is 5.69 Å². The van der Waals surface area contributed by atoms with Gasteiger partial charge in [0, 0.05) is 11.8 Å². The van der Waals surface area contributed by atoms with Crippen LogP contribution in [0.3, 0.4) is 0 Å². The third-order valence-corrected chi connectivity index (χ3v) is 5.78.